The summed E-state index contributed by atoms with van der Waals surface area (Å²) < 4.78 is 10.5. The number of para-hydroxylation sites is 2. The van der Waals surface area contributed by atoms with Gasteiger partial charge in [0.15, 0.2) is 5.71 Å². The molecule has 0 N–H and O–H groups in total. The number of oxime groups is 1. The molecule has 5 nitrogen and oxygen atoms in total. The predicted octanol–water partition coefficient (Wildman–Crippen LogP) is 3.00. The van der Waals surface area contributed by atoms with Crippen molar-refractivity contribution in [3.63, 3.8) is 0 Å². The van der Waals surface area contributed by atoms with Crippen LogP contribution < -0.4 is 4.74 Å². The van der Waals surface area contributed by atoms with Crippen molar-refractivity contribution in [3.8, 4) is 11.5 Å². The first kappa shape index (κ1) is 14.6. The first-order chi connectivity index (χ1) is 10.3. The third kappa shape index (κ3) is 3.60. The number of rotatable bonds is 5. The van der Waals surface area contributed by atoms with Gasteiger partial charge in [-0.1, -0.05) is 35.5 Å². The van der Waals surface area contributed by atoms with Crippen LogP contribution in [0.2, 0.25) is 0 Å². The summed E-state index contributed by atoms with van der Waals surface area (Å²) >= 11 is 0. The highest BCUT2D eigenvalue weighted by molar-refractivity contribution is 6.43. The van der Waals surface area contributed by atoms with Crippen LogP contribution in [0.3, 0.4) is 0 Å². The summed E-state index contributed by atoms with van der Waals surface area (Å²) in [4.78, 5) is 16.5. The van der Waals surface area contributed by atoms with E-state index in [-0.39, 0.29) is 5.71 Å². The highest BCUT2D eigenvalue weighted by Gasteiger charge is 2.20. The summed E-state index contributed by atoms with van der Waals surface area (Å²) in [5.41, 5.74) is 0.543. The van der Waals surface area contributed by atoms with Gasteiger partial charge in [0, 0.05) is 0 Å². The molecule has 2 rings (SSSR count). The van der Waals surface area contributed by atoms with Crippen molar-refractivity contribution in [2.24, 2.45) is 5.16 Å². The summed E-state index contributed by atoms with van der Waals surface area (Å²) in [6.45, 7) is 0. The highest BCUT2D eigenvalue weighted by Crippen LogP contribution is 2.26. The molecule has 0 saturated heterocycles. The Morgan fingerprint density at radius 3 is 2.29 bits per heavy atom. The zero-order chi connectivity index (χ0) is 15.1. The zero-order valence-electron chi connectivity index (χ0n) is 11.8. The van der Waals surface area contributed by atoms with Gasteiger partial charge in [-0.25, -0.2) is 4.79 Å². The fourth-order valence-electron chi connectivity index (χ4n) is 1.75. The molecular weight excluding hydrogens is 270 g/mol. The Bertz CT molecular complexity index is 638. The molecule has 2 aromatic rings. The summed E-state index contributed by atoms with van der Waals surface area (Å²) in [6, 6.07) is 16.3. The molecule has 0 aliphatic heterocycles. The summed E-state index contributed by atoms with van der Waals surface area (Å²) in [5, 5.41) is 3.73. The Labute approximate surface area is 122 Å². The van der Waals surface area contributed by atoms with Gasteiger partial charge in [-0.05, 0) is 24.3 Å². The second-order valence-corrected chi connectivity index (χ2v) is 4.03. The number of benzene rings is 2. The SMILES string of the molecule is CO/N=C(\C(=O)OC)c1ccccc1Oc1ccccc1. The van der Waals surface area contributed by atoms with Crippen LogP contribution >= 0.6 is 0 Å². The van der Waals surface area contributed by atoms with Gasteiger partial charge in [-0.3, -0.25) is 0 Å². The average molecular weight is 285 g/mol. The van der Waals surface area contributed by atoms with Gasteiger partial charge in [0.25, 0.3) is 0 Å². The molecular formula is C16H15NO4. The quantitative estimate of drug-likeness (QED) is 0.481. The van der Waals surface area contributed by atoms with Crippen LogP contribution in [0, 0.1) is 0 Å². The Balaban J connectivity index is 2.40. The van der Waals surface area contributed by atoms with Crippen LogP contribution in [0.1, 0.15) is 5.56 Å². The molecule has 0 bridgehead atoms. The molecule has 0 aromatic heterocycles. The lowest BCUT2D eigenvalue weighted by molar-refractivity contribution is -0.132. The van der Waals surface area contributed by atoms with Crippen LogP contribution in [0.25, 0.3) is 0 Å². The summed E-state index contributed by atoms with van der Waals surface area (Å²) in [6.07, 6.45) is 0. The maximum atomic E-state index is 11.8. The van der Waals surface area contributed by atoms with Gasteiger partial charge in [-0.15, -0.1) is 0 Å². The normalized spacial score (nSPS) is 10.9. The van der Waals surface area contributed by atoms with Crippen molar-refractivity contribution >= 4 is 11.7 Å². The van der Waals surface area contributed by atoms with Gasteiger partial charge in [0.05, 0.1) is 12.7 Å². The molecule has 0 heterocycles. The van der Waals surface area contributed by atoms with E-state index in [2.05, 4.69) is 5.16 Å². The van der Waals surface area contributed by atoms with Crippen LogP contribution in [0.5, 0.6) is 11.5 Å². The average Bonchev–Trinajstić information content (AvgIpc) is 2.54. The second kappa shape index (κ2) is 7.09. The standard InChI is InChI=1S/C16H15NO4/c1-19-16(18)15(17-20-2)13-10-6-7-11-14(13)21-12-8-4-3-5-9-12/h3-11H,1-2H3/b17-15-. The molecule has 0 unspecified atom stereocenters. The number of hydrogen-bond donors (Lipinski definition) is 0. The number of ether oxygens (including phenoxy) is 2. The van der Waals surface area contributed by atoms with Gasteiger partial charge >= 0.3 is 5.97 Å². The lowest BCUT2D eigenvalue weighted by Crippen LogP contribution is -2.18. The minimum Gasteiger partial charge on any atom is -0.464 e. The van der Waals surface area contributed by atoms with Crippen molar-refractivity contribution in [1.82, 2.24) is 0 Å². The fraction of sp³-hybridized carbons (Fsp3) is 0.125. The minimum atomic E-state index is -0.596. The van der Waals surface area contributed by atoms with Gasteiger partial charge in [-0.2, -0.15) is 0 Å². The number of carbonyl (C=O) groups excluding carboxylic acids is 1. The third-order valence-corrected chi connectivity index (χ3v) is 2.67. The molecule has 0 aliphatic carbocycles. The maximum Gasteiger partial charge on any atom is 0.360 e. The van der Waals surface area contributed by atoms with Crippen LogP contribution in [0.4, 0.5) is 0 Å². The van der Waals surface area contributed by atoms with Crippen molar-refractivity contribution in [2.75, 3.05) is 14.2 Å². The van der Waals surface area contributed by atoms with E-state index < -0.39 is 5.97 Å². The van der Waals surface area contributed by atoms with E-state index in [0.717, 1.165) is 0 Å². The molecule has 0 aliphatic rings. The molecule has 21 heavy (non-hydrogen) atoms. The minimum absolute atomic E-state index is 0.0477. The third-order valence-electron chi connectivity index (χ3n) is 2.67. The largest absolute Gasteiger partial charge is 0.464 e. The van der Waals surface area contributed by atoms with Crippen molar-refractivity contribution in [3.05, 3.63) is 60.2 Å². The number of esters is 1. The monoisotopic (exact) mass is 285 g/mol. The topological polar surface area (TPSA) is 57.1 Å². The smallest absolute Gasteiger partial charge is 0.360 e. The molecule has 0 fully saturated rings. The van der Waals surface area contributed by atoms with Gasteiger partial charge in [0.1, 0.15) is 18.6 Å². The first-order valence-electron chi connectivity index (χ1n) is 6.28. The molecule has 0 saturated carbocycles. The van der Waals surface area contributed by atoms with Crippen molar-refractivity contribution in [1.29, 1.82) is 0 Å². The van der Waals surface area contributed by atoms with E-state index in [1.165, 1.54) is 14.2 Å². The highest BCUT2D eigenvalue weighted by atomic mass is 16.6. The lowest BCUT2D eigenvalue weighted by Gasteiger charge is -2.11. The van der Waals surface area contributed by atoms with Gasteiger partial charge in [0.2, 0.25) is 0 Å². The molecule has 108 valence electrons. The second-order valence-electron chi connectivity index (χ2n) is 4.03. The van der Waals surface area contributed by atoms with Crippen LogP contribution in [0.15, 0.2) is 59.8 Å². The molecule has 0 atom stereocenters. The van der Waals surface area contributed by atoms with Crippen LogP contribution in [-0.2, 0) is 14.4 Å². The van der Waals surface area contributed by atoms with Crippen molar-refractivity contribution in [2.45, 2.75) is 0 Å². The fourth-order valence-corrected chi connectivity index (χ4v) is 1.75. The van der Waals surface area contributed by atoms with E-state index in [9.17, 15) is 4.79 Å². The Morgan fingerprint density at radius 2 is 1.62 bits per heavy atom. The lowest BCUT2D eigenvalue weighted by atomic mass is 10.1. The van der Waals surface area contributed by atoms with E-state index >= 15 is 0 Å². The van der Waals surface area contributed by atoms with E-state index in [1.54, 1.807) is 18.2 Å². The Hall–Kier alpha value is -2.82. The molecule has 5 heteroatoms. The van der Waals surface area contributed by atoms with E-state index in [1.807, 2.05) is 36.4 Å². The number of carbonyl (C=O) groups is 1. The first-order valence-corrected chi connectivity index (χ1v) is 6.28. The molecule has 0 radical (unpaired) electrons. The zero-order valence-corrected chi connectivity index (χ0v) is 11.8. The number of hydrogen-bond acceptors (Lipinski definition) is 5. The maximum absolute atomic E-state index is 11.8. The number of nitrogens with zero attached hydrogens (tertiary/aromatic N) is 1. The van der Waals surface area contributed by atoms with Gasteiger partial charge < -0.3 is 14.3 Å². The Kier molecular flexibility index (Phi) is 4.93. The number of methoxy groups -OCH3 is 1. The summed E-state index contributed by atoms with van der Waals surface area (Å²) in [5.74, 6) is 0.553. The predicted molar refractivity (Wildman–Crippen MR) is 78.5 cm³/mol. The Morgan fingerprint density at radius 1 is 0.952 bits per heavy atom. The van der Waals surface area contributed by atoms with Crippen molar-refractivity contribution < 1.29 is 19.1 Å². The van der Waals surface area contributed by atoms with Crippen LogP contribution in [-0.4, -0.2) is 25.9 Å². The molecule has 2 aromatic carbocycles. The van der Waals surface area contributed by atoms with E-state index in [4.69, 9.17) is 14.3 Å². The molecule has 0 amide bonds. The van der Waals surface area contributed by atoms with E-state index in [0.29, 0.717) is 17.1 Å². The summed E-state index contributed by atoms with van der Waals surface area (Å²) in [7, 11) is 2.65. The molecule has 0 spiro atoms.